The second kappa shape index (κ2) is 6.76. The first kappa shape index (κ1) is 14.9. The summed E-state index contributed by atoms with van der Waals surface area (Å²) in [5.41, 5.74) is 0.938. The van der Waals surface area contributed by atoms with Crippen LogP contribution in [0.2, 0.25) is 5.02 Å². The highest BCUT2D eigenvalue weighted by Crippen LogP contribution is 2.19. The highest BCUT2D eigenvalue weighted by Gasteiger charge is 2.09. The van der Waals surface area contributed by atoms with Gasteiger partial charge in [0.1, 0.15) is 5.75 Å². The predicted octanol–water partition coefficient (Wildman–Crippen LogP) is 3.06. The molecule has 6 heteroatoms. The Kier molecular flexibility index (Phi) is 4.79. The van der Waals surface area contributed by atoms with Crippen molar-refractivity contribution in [1.29, 1.82) is 0 Å². The Labute approximate surface area is 126 Å². The van der Waals surface area contributed by atoms with E-state index >= 15 is 0 Å². The molecule has 5 nitrogen and oxygen atoms in total. The number of aliphatic carboxylic acids is 1. The predicted molar refractivity (Wildman–Crippen MR) is 79.0 cm³/mol. The fourth-order valence-electron chi connectivity index (χ4n) is 1.62. The van der Waals surface area contributed by atoms with Gasteiger partial charge in [-0.05, 0) is 36.4 Å². The lowest BCUT2D eigenvalue weighted by Gasteiger charge is -2.08. The van der Waals surface area contributed by atoms with Crippen LogP contribution in [0.5, 0.6) is 5.75 Å². The molecule has 0 radical (unpaired) electrons. The van der Waals surface area contributed by atoms with Crippen molar-refractivity contribution in [3.05, 3.63) is 59.1 Å². The van der Waals surface area contributed by atoms with Crippen LogP contribution in [0.15, 0.2) is 48.5 Å². The fraction of sp³-hybridized carbons (Fsp3) is 0.0667. The summed E-state index contributed by atoms with van der Waals surface area (Å²) < 4.78 is 5.00. The molecular weight excluding hydrogens is 294 g/mol. The highest BCUT2D eigenvalue weighted by molar-refractivity contribution is 6.34. The number of carbonyl (C=O) groups excluding carboxylic acids is 1. The Balaban J connectivity index is 2.02. The molecule has 2 aromatic carbocycles. The molecule has 0 fully saturated rings. The van der Waals surface area contributed by atoms with Gasteiger partial charge in [0.05, 0.1) is 10.6 Å². The lowest BCUT2D eigenvalue weighted by Crippen LogP contribution is -2.12. The average molecular weight is 306 g/mol. The Morgan fingerprint density at radius 1 is 1.10 bits per heavy atom. The SMILES string of the molecule is O=C(O)COc1ccc(NC(=O)c2ccccc2Cl)cc1. The van der Waals surface area contributed by atoms with Crippen LogP contribution in [0, 0.1) is 0 Å². The smallest absolute Gasteiger partial charge is 0.341 e. The minimum absolute atomic E-state index is 0.320. The molecule has 2 aromatic rings. The fourth-order valence-corrected chi connectivity index (χ4v) is 1.84. The van der Waals surface area contributed by atoms with E-state index in [1.807, 2.05) is 0 Å². The molecule has 0 atom stereocenters. The summed E-state index contributed by atoms with van der Waals surface area (Å²) in [5.74, 6) is -0.959. The molecule has 0 unspecified atom stereocenters. The Hall–Kier alpha value is -2.53. The van der Waals surface area contributed by atoms with Crippen LogP contribution >= 0.6 is 11.6 Å². The van der Waals surface area contributed by atoms with Crippen LogP contribution in [-0.4, -0.2) is 23.6 Å². The molecule has 0 heterocycles. The van der Waals surface area contributed by atoms with Gasteiger partial charge in [0.15, 0.2) is 6.61 Å². The van der Waals surface area contributed by atoms with Crippen molar-refractivity contribution in [2.45, 2.75) is 0 Å². The van der Waals surface area contributed by atoms with Crippen molar-refractivity contribution in [2.24, 2.45) is 0 Å². The maximum absolute atomic E-state index is 12.0. The number of carboxylic acid groups (broad SMARTS) is 1. The molecule has 0 aliphatic heterocycles. The van der Waals surface area contributed by atoms with Crippen molar-refractivity contribution in [1.82, 2.24) is 0 Å². The van der Waals surface area contributed by atoms with E-state index in [1.54, 1.807) is 48.5 Å². The van der Waals surface area contributed by atoms with Gasteiger partial charge in [0.25, 0.3) is 5.91 Å². The minimum Gasteiger partial charge on any atom is -0.482 e. The van der Waals surface area contributed by atoms with Crippen molar-refractivity contribution in [3.63, 3.8) is 0 Å². The Morgan fingerprint density at radius 3 is 2.38 bits per heavy atom. The Morgan fingerprint density at radius 2 is 1.76 bits per heavy atom. The third-order valence-corrected chi connectivity index (χ3v) is 2.92. The number of anilines is 1. The molecule has 0 aromatic heterocycles. The van der Waals surface area contributed by atoms with Crippen molar-refractivity contribution in [3.8, 4) is 5.75 Å². The number of hydrogen-bond acceptors (Lipinski definition) is 3. The Bertz CT molecular complexity index is 655. The van der Waals surface area contributed by atoms with Gasteiger partial charge in [0, 0.05) is 5.69 Å². The first-order valence-electron chi connectivity index (χ1n) is 6.07. The summed E-state index contributed by atoms with van der Waals surface area (Å²) in [6, 6.07) is 13.1. The number of ether oxygens (including phenoxy) is 1. The van der Waals surface area contributed by atoms with E-state index in [-0.39, 0.29) is 5.91 Å². The average Bonchev–Trinajstić information content (AvgIpc) is 2.47. The molecule has 0 spiro atoms. The molecule has 0 aliphatic rings. The molecule has 0 aliphatic carbocycles. The van der Waals surface area contributed by atoms with E-state index in [9.17, 15) is 9.59 Å². The van der Waals surface area contributed by atoms with Gasteiger partial charge in [-0.15, -0.1) is 0 Å². The van der Waals surface area contributed by atoms with Gasteiger partial charge >= 0.3 is 5.97 Å². The van der Waals surface area contributed by atoms with Crippen molar-refractivity contribution >= 4 is 29.2 Å². The molecule has 0 saturated heterocycles. The molecule has 21 heavy (non-hydrogen) atoms. The molecule has 0 saturated carbocycles. The summed E-state index contributed by atoms with van der Waals surface area (Å²) in [6.45, 7) is -0.411. The summed E-state index contributed by atoms with van der Waals surface area (Å²) >= 11 is 5.95. The second-order valence-electron chi connectivity index (χ2n) is 4.14. The monoisotopic (exact) mass is 305 g/mol. The lowest BCUT2D eigenvalue weighted by molar-refractivity contribution is -0.139. The van der Waals surface area contributed by atoms with E-state index in [0.29, 0.717) is 22.0 Å². The van der Waals surface area contributed by atoms with Crippen LogP contribution in [-0.2, 0) is 4.79 Å². The van der Waals surface area contributed by atoms with Gasteiger partial charge < -0.3 is 15.2 Å². The number of amides is 1. The highest BCUT2D eigenvalue weighted by atomic mass is 35.5. The summed E-state index contributed by atoms with van der Waals surface area (Å²) in [5, 5.41) is 11.6. The van der Waals surface area contributed by atoms with Crippen LogP contribution in [0.1, 0.15) is 10.4 Å². The number of rotatable bonds is 5. The number of hydrogen-bond donors (Lipinski definition) is 2. The van der Waals surface area contributed by atoms with Crippen molar-refractivity contribution in [2.75, 3.05) is 11.9 Å². The van der Waals surface area contributed by atoms with Gasteiger partial charge in [-0.2, -0.15) is 0 Å². The van der Waals surface area contributed by atoms with Crippen molar-refractivity contribution < 1.29 is 19.4 Å². The number of halogens is 1. The molecular formula is C15H12ClNO4. The zero-order valence-corrected chi connectivity index (χ0v) is 11.6. The largest absolute Gasteiger partial charge is 0.482 e. The molecule has 108 valence electrons. The summed E-state index contributed by atoms with van der Waals surface area (Å²) in [6.07, 6.45) is 0. The van der Waals surface area contributed by atoms with Gasteiger partial charge in [0.2, 0.25) is 0 Å². The molecule has 1 amide bonds. The third-order valence-electron chi connectivity index (χ3n) is 2.59. The normalized spacial score (nSPS) is 9.95. The van der Waals surface area contributed by atoms with E-state index in [1.165, 1.54) is 0 Å². The van der Waals surface area contributed by atoms with Crippen LogP contribution in [0.3, 0.4) is 0 Å². The number of carboxylic acids is 1. The van der Waals surface area contributed by atoms with E-state index in [4.69, 9.17) is 21.4 Å². The second-order valence-corrected chi connectivity index (χ2v) is 4.55. The zero-order valence-electron chi connectivity index (χ0n) is 10.9. The molecule has 0 bridgehead atoms. The molecule has 2 N–H and O–H groups in total. The van der Waals surface area contributed by atoms with Crippen LogP contribution in [0.4, 0.5) is 5.69 Å². The number of benzene rings is 2. The standard InChI is InChI=1S/C15H12ClNO4/c16-13-4-2-1-3-12(13)15(20)17-10-5-7-11(8-6-10)21-9-14(18)19/h1-8H,9H2,(H,17,20)(H,18,19). The maximum atomic E-state index is 12.0. The van der Waals surface area contributed by atoms with Gasteiger partial charge in [-0.3, -0.25) is 4.79 Å². The molecule has 2 rings (SSSR count). The number of nitrogens with one attached hydrogen (secondary N) is 1. The van der Waals surface area contributed by atoms with E-state index in [2.05, 4.69) is 5.32 Å². The van der Waals surface area contributed by atoms with Crippen LogP contribution in [0.25, 0.3) is 0 Å². The maximum Gasteiger partial charge on any atom is 0.341 e. The van der Waals surface area contributed by atoms with Gasteiger partial charge in [-0.1, -0.05) is 23.7 Å². The van der Waals surface area contributed by atoms with E-state index < -0.39 is 12.6 Å². The quantitative estimate of drug-likeness (QED) is 0.890. The minimum atomic E-state index is -1.05. The zero-order chi connectivity index (χ0) is 15.2. The van der Waals surface area contributed by atoms with Gasteiger partial charge in [-0.25, -0.2) is 4.79 Å². The lowest BCUT2D eigenvalue weighted by atomic mass is 10.2. The first-order valence-corrected chi connectivity index (χ1v) is 6.44. The van der Waals surface area contributed by atoms with Crippen LogP contribution < -0.4 is 10.1 Å². The third kappa shape index (κ3) is 4.22. The first-order chi connectivity index (χ1) is 10.1. The summed E-state index contributed by atoms with van der Waals surface area (Å²) in [7, 11) is 0. The number of carbonyl (C=O) groups is 2. The topological polar surface area (TPSA) is 75.6 Å². The van der Waals surface area contributed by atoms with E-state index in [0.717, 1.165) is 0 Å². The summed E-state index contributed by atoms with van der Waals surface area (Å²) in [4.78, 5) is 22.4.